The normalized spacial score (nSPS) is 21.5. The molecule has 0 spiro atoms. The van der Waals surface area contributed by atoms with Gasteiger partial charge in [-0.2, -0.15) is 0 Å². The summed E-state index contributed by atoms with van der Waals surface area (Å²) >= 11 is 0. The molecule has 0 radical (unpaired) electrons. The topological polar surface area (TPSA) is 210 Å². The number of hydrogen-bond acceptors (Lipinski definition) is 14. The highest BCUT2D eigenvalue weighted by Crippen LogP contribution is 2.62. The molecule has 2 amide bonds. The number of anilines is 1. The van der Waals surface area contributed by atoms with Gasteiger partial charge in [-0.15, -0.1) is 6.58 Å². The molecule has 0 bridgehead atoms. The third-order valence-corrected chi connectivity index (χ3v) is 13.1. The molecule has 1 heterocycles. The molecule has 4 aromatic rings. The van der Waals surface area contributed by atoms with E-state index in [0.29, 0.717) is 60.8 Å². The van der Waals surface area contributed by atoms with Crippen LogP contribution in [0.25, 0.3) is 0 Å². The Balaban J connectivity index is 1.39. The van der Waals surface area contributed by atoms with Crippen LogP contribution in [0.4, 0.5) is 21.0 Å². The highest BCUT2D eigenvalue weighted by Gasteiger charge is 2.65. The molecule has 6 atom stereocenters. The number of oxime groups is 1. The summed E-state index contributed by atoms with van der Waals surface area (Å²) in [7, 11) is 3.02. The van der Waals surface area contributed by atoms with Crippen molar-refractivity contribution in [2.45, 2.75) is 82.6 Å². The number of nitrogens with one attached hydrogen (secondary N) is 1. The Hall–Kier alpha value is -6.95. The number of amides is 2. The number of aliphatic hydroxyl groups excluding tert-OH is 2. The molecule has 3 N–H and O–H groups in total. The number of fused-ring (bicyclic) bond motifs is 2. The monoisotopic (exact) mass is 962 g/mol. The number of nitro groups is 1. The fourth-order valence-electron chi connectivity index (χ4n) is 10.0. The third kappa shape index (κ3) is 11.6. The molecular formula is C53H62N4O13. The molecule has 372 valence electrons. The van der Waals surface area contributed by atoms with Crippen molar-refractivity contribution in [3.63, 3.8) is 0 Å². The van der Waals surface area contributed by atoms with Crippen molar-refractivity contribution in [3.05, 3.63) is 137 Å². The standard InChI is InChI=1S/C53H62N4O13/c1-5-26-56(52(61)69-38-20-18-37(19-21-38)57(62)63)48-33-45(55-67-34-35-14-8-7-9-15-35)42-30-36(16-10-12-27-58)41(17-11-13-28-59)49-43-31-40(23-25-46(43)70-53(48,50(42)49)66-29-6-2)68-51(60)54-44-24-22-39(64-3)32-47(44)65-4/h6-9,14-15,18-25,30-32,36,41,48-50,58-59H,2,5,10-13,16-17,26-29,33-34H2,1,3-4H3,(H,54,60)/t36-,41+,48-,49+,50+,53+/m0/s1. The maximum absolute atomic E-state index is 14.7. The summed E-state index contributed by atoms with van der Waals surface area (Å²) in [6.07, 6.45) is 6.98. The molecule has 0 unspecified atom stereocenters. The van der Waals surface area contributed by atoms with Gasteiger partial charge in [0.2, 0.25) is 5.79 Å². The average molecular weight is 963 g/mol. The van der Waals surface area contributed by atoms with Crippen LogP contribution in [-0.4, -0.2) is 90.3 Å². The predicted molar refractivity (Wildman–Crippen MR) is 261 cm³/mol. The second kappa shape index (κ2) is 24.1. The highest BCUT2D eigenvalue weighted by atomic mass is 16.7. The van der Waals surface area contributed by atoms with Crippen LogP contribution < -0.4 is 29.0 Å². The lowest BCUT2D eigenvalue weighted by Crippen LogP contribution is -2.70. The van der Waals surface area contributed by atoms with Crippen molar-refractivity contribution in [2.24, 2.45) is 22.9 Å². The lowest BCUT2D eigenvalue weighted by Gasteiger charge is -2.59. The van der Waals surface area contributed by atoms with Gasteiger partial charge in [-0.1, -0.05) is 67.4 Å². The number of nitrogens with zero attached hydrogens (tertiary/aromatic N) is 3. The molecule has 1 saturated carbocycles. The van der Waals surface area contributed by atoms with Crippen LogP contribution in [0.5, 0.6) is 28.7 Å². The zero-order chi connectivity index (χ0) is 49.6. The Morgan fingerprint density at radius 2 is 1.66 bits per heavy atom. The van der Waals surface area contributed by atoms with E-state index in [-0.39, 0.29) is 68.4 Å². The Kier molecular flexibility index (Phi) is 17.5. The van der Waals surface area contributed by atoms with E-state index in [4.69, 9.17) is 38.4 Å². The molecule has 70 heavy (non-hydrogen) atoms. The van der Waals surface area contributed by atoms with Crippen LogP contribution in [0, 0.1) is 27.9 Å². The van der Waals surface area contributed by atoms with Gasteiger partial charge in [-0.05, 0) is 97.5 Å². The largest absolute Gasteiger partial charge is 0.497 e. The maximum Gasteiger partial charge on any atom is 0.417 e. The zero-order valence-corrected chi connectivity index (χ0v) is 39.8. The molecule has 7 rings (SSSR count). The first-order chi connectivity index (χ1) is 34.1. The van der Waals surface area contributed by atoms with Gasteiger partial charge in [-0.3, -0.25) is 20.3 Å². The summed E-state index contributed by atoms with van der Waals surface area (Å²) in [6.45, 7) is 6.38. The van der Waals surface area contributed by atoms with E-state index in [1.165, 1.54) is 38.5 Å². The van der Waals surface area contributed by atoms with Gasteiger partial charge in [0.05, 0.1) is 43.1 Å². The fourth-order valence-corrected chi connectivity index (χ4v) is 10.0. The Bertz CT molecular complexity index is 2500. The van der Waals surface area contributed by atoms with Gasteiger partial charge in [0.1, 0.15) is 41.4 Å². The van der Waals surface area contributed by atoms with Crippen molar-refractivity contribution in [2.75, 3.05) is 45.9 Å². The van der Waals surface area contributed by atoms with Crippen LogP contribution in [0.2, 0.25) is 0 Å². The highest BCUT2D eigenvalue weighted by molar-refractivity contribution is 6.03. The summed E-state index contributed by atoms with van der Waals surface area (Å²) in [5, 5.41) is 39.1. The first-order valence-electron chi connectivity index (χ1n) is 23.8. The second-order valence-corrected chi connectivity index (χ2v) is 17.4. The zero-order valence-electron chi connectivity index (χ0n) is 39.8. The fraction of sp³-hybridized carbons (Fsp3) is 0.415. The number of aliphatic hydroxyl groups is 2. The average Bonchev–Trinajstić information content (AvgIpc) is 3.37. The number of methoxy groups -OCH3 is 2. The molecule has 17 heteroatoms. The molecule has 1 aliphatic heterocycles. The Labute approximate surface area is 407 Å². The van der Waals surface area contributed by atoms with Crippen molar-refractivity contribution in [1.82, 2.24) is 4.90 Å². The third-order valence-electron chi connectivity index (χ3n) is 13.1. The van der Waals surface area contributed by atoms with Gasteiger partial charge in [0.15, 0.2) is 0 Å². The molecule has 17 nitrogen and oxygen atoms in total. The van der Waals surface area contributed by atoms with Crippen LogP contribution in [0.3, 0.4) is 0 Å². The van der Waals surface area contributed by atoms with E-state index in [1.807, 2.05) is 43.3 Å². The summed E-state index contributed by atoms with van der Waals surface area (Å²) in [6, 6.07) is 24.2. The molecule has 3 aliphatic rings. The summed E-state index contributed by atoms with van der Waals surface area (Å²) in [5.74, 6) is -1.15. The molecule has 2 aliphatic carbocycles. The molecule has 4 aromatic carbocycles. The smallest absolute Gasteiger partial charge is 0.417 e. The number of unbranched alkanes of at least 4 members (excludes halogenated alkanes) is 2. The minimum absolute atomic E-state index is 0.00965. The summed E-state index contributed by atoms with van der Waals surface area (Å²) < 4.78 is 37.2. The predicted octanol–water partition coefficient (Wildman–Crippen LogP) is 9.97. The van der Waals surface area contributed by atoms with Gasteiger partial charge >= 0.3 is 12.2 Å². The second-order valence-electron chi connectivity index (χ2n) is 17.4. The van der Waals surface area contributed by atoms with Crippen molar-refractivity contribution in [3.8, 4) is 28.7 Å². The molecular weight excluding hydrogens is 901 g/mol. The minimum atomic E-state index is -1.60. The Morgan fingerprint density at radius 3 is 2.34 bits per heavy atom. The van der Waals surface area contributed by atoms with Gasteiger partial charge in [0, 0.05) is 55.9 Å². The first-order valence-corrected chi connectivity index (χ1v) is 23.8. The van der Waals surface area contributed by atoms with Crippen molar-refractivity contribution in [1.29, 1.82) is 0 Å². The van der Waals surface area contributed by atoms with E-state index in [1.54, 1.807) is 41.3 Å². The number of hydrogen-bond donors (Lipinski definition) is 3. The molecule has 0 aromatic heterocycles. The van der Waals surface area contributed by atoms with Gasteiger partial charge in [0.25, 0.3) is 5.69 Å². The van der Waals surface area contributed by atoms with E-state index in [0.717, 1.165) is 29.5 Å². The minimum Gasteiger partial charge on any atom is -0.497 e. The Morgan fingerprint density at radius 1 is 0.929 bits per heavy atom. The number of benzene rings is 4. The van der Waals surface area contributed by atoms with E-state index < -0.39 is 40.8 Å². The van der Waals surface area contributed by atoms with Crippen LogP contribution in [0.1, 0.15) is 75.3 Å². The number of allylic oxidation sites excluding steroid dienone is 1. The van der Waals surface area contributed by atoms with Gasteiger partial charge in [-0.25, -0.2) is 9.59 Å². The summed E-state index contributed by atoms with van der Waals surface area (Å²) in [5.41, 5.74) is 3.24. The van der Waals surface area contributed by atoms with E-state index in [9.17, 15) is 29.9 Å². The number of carbonyl (C=O) groups is 2. The van der Waals surface area contributed by atoms with Crippen molar-refractivity contribution < 1.29 is 58.0 Å². The number of non-ortho nitro benzene ring substituents is 1. The summed E-state index contributed by atoms with van der Waals surface area (Å²) in [4.78, 5) is 47.1. The number of nitro benzene ring substituents is 1. The quantitative estimate of drug-likeness (QED) is 0.0274. The maximum atomic E-state index is 14.7. The molecule has 1 fully saturated rings. The van der Waals surface area contributed by atoms with Crippen molar-refractivity contribution >= 4 is 29.3 Å². The molecule has 0 saturated heterocycles. The van der Waals surface area contributed by atoms with E-state index >= 15 is 0 Å². The number of ether oxygens (including phenoxy) is 6. The number of carbonyl (C=O) groups excluding carboxylic acids is 2. The lowest BCUT2D eigenvalue weighted by atomic mass is 9.55. The number of rotatable bonds is 23. The first kappa shape index (κ1) is 50.9. The van der Waals surface area contributed by atoms with Gasteiger partial charge < -0.3 is 43.5 Å². The van der Waals surface area contributed by atoms with E-state index in [2.05, 4.69) is 18.0 Å². The van der Waals surface area contributed by atoms with Crippen LogP contribution in [-0.2, 0) is 16.2 Å². The van der Waals surface area contributed by atoms with Crippen LogP contribution in [0.15, 0.2) is 120 Å². The lowest BCUT2D eigenvalue weighted by molar-refractivity contribution is -0.384. The van der Waals surface area contributed by atoms with Crippen LogP contribution >= 0.6 is 0 Å². The SMILES string of the molecule is C=CCO[C@@]12Oc3ccc(OC(=O)Nc4ccc(OC)cc4OC)cc3[C@H]3[C@H](CCCCO)[C@@H](CCCCO)C=C(C(=NOCc4ccccc4)C[C@@H]1N(CCC)C(=O)Oc1ccc([N+](=O)[O-])cc1)[C@H]32.